The van der Waals surface area contributed by atoms with Gasteiger partial charge in [0.05, 0.1) is 12.7 Å². The number of benzene rings is 3. The quantitative estimate of drug-likeness (QED) is 0.233. The van der Waals surface area contributed by atoms with Crippen LogP contribution in [0.4, 0.5) is 0 Å². The van der Waals surface area contributed by atoms with Crippen LogP contribution in [0.3, 0.4) is 0 Å². The zero-order chi connectivity index (χ0) is 29.0. The molecule has 1 N–H and O–H groups in total. The highest BCUT2D eigenvalue weighted by Gasteiger charge is 2.33. The van der Waals surface area contributed by atoms with E-state index >= 15 is 0 Å². The Morgan fingerprint density at radius 3 is 1.90 bits per heavy atom. The second kappa shape index (κ2) is 11.9. The Morgan fingerprint density at radius 2 is 1.35 bits per heavy atom. The van der Waals surface area contributed by atoms with Crippen molar-refractivity contribution >= 4 is 5.97 Å². The molecule has 6 heteroatoms. The van der Waals surface area contributed by atoms with E-state index in [1.165, 1.54) is 0 Å². The number of ether oxygens (including phenoxy) is 3. The molecule has 6 nitrogen and oxygen atoms in total. The molecule has 0 radical (unpaired) electrons. The number of rotatable bonds is 9. The fourth-order valence-electron chi connectivity index (χ4n) is 4.75. The van der Waals surface area contributed by atoms with Crippen molar-refractivity contribution in [1.82, 2.24) is 4.98 Å². The number of nitrogens with zero attached hydrogens (tertiary/aromatic N) is 1. The topological polar surface area (TPSA) is 77.9 Å². The molecule has 0 spiro atoms. The minimum Gasteiger partial charge on any atom is -0.497 e. The predicted octanol–water partition coefficient (Wildman–Crippen LogP) is 7.87. The van der Waals surface area contributed by atoms with Gasteiger partial charge in [-0.3, -0.25) is 4.98 Å². The lowest BCUT2D eigenvalue weighted by Gasteiger charge is -2.29. The number of carboxylic acids is 1. The first kappa shape index (κ1) is 28.8. The molecule has 0 saturated heterocycles. The molecule has 0 fully saturated rings. The zero-order valence-electron chi connectivity index (χ0n) is 24.2. The Morgan fingerprint density at radius 1 is 0.800 bits per heavy atom. The van der Waals surface area contributed by atoms with Crippen molar-refractivity contribution in [2.75, 3.05) is 7.11 Å². The smallest absolute Gasteiger partial charge is 0.337 e. The Balaban J connectivity index is 1.79. The highest BCUT2D eigenvalue weighted by Crippen LogP contribution is 2.43. The predicted molar refractivity (Wildman–Crippen MR) is 158 cm³/mol. The van der Waals surface area contributed by atoms with Gasteiger partial charge >= 0.3 is 5.97 Å². The molecule has 0 aliphatic heterocycles. The van der Waals surface area contributed by atoms with E-state index in [0.29, 0.717) is 17.9 Å². The van der Waals surface area contributed by atoms with Crippen molar-refractivity contribution in [3.05, 3.63) is 101 Å². The van der Waals surface area contributed by atoms with Crippen molar-refractivity contribution in [2.24, 2.45) is 0 Å². The van der Waals surface area contributed by atoms with Crippen LogP contribution in [0.25, 0.3) is 22.3 Å². The van der Waals surface area contributed by atoms with E-state index in [-0.39, 0.29) is 0 Å². The molecule has 208 valence electrons. The van der Waals surface area contributed by atoms with Crippen LogP contribution in [-0.2, 0) is 16.1 Å². The number of methoxy groups -OCH3 is 1. The summed E-state index contributed by atoms with van der Waals surface area (Å²) in [5.74, 6) is 0.483. The van der Waals surface area contributed by atoms with Gasteiger partial charge in [0.25, 0.3) is 0 Å². The summed E-state index contributed by atoms with van der Waals surface area (Å²) in [6.07, 6.45) is -1.18. The number of pyridine rings is 1. The van der Waals surface area contributed by atoms with Crippen molar-refractivity contribution in [3.8, 4) is 33.8 Å². The first-order chi connectivity index (χ1) is 19.0. The van der Waals surface area contributed by atoms with Crippen LogP contribution in [0, 0.1) is 20.8 Å². The van der Waals surface area contributed by atoms with Gasteiger partial charge in [0.1, 0.15) is 18.1 Å². The molecular weight excluding hydrogens is 502 g/mol. The molecule has 0 bridgehead atoms. The van der Waals surface area contributed by atoms with E-state index in [1.807, 2.05) is 114 Å². The van der Waals surface area contributed by atoms with Gasteiger partial charge in [-0.15, -0.1) is 0 Å². The Kier molecular flexibility index (Phi) is 8.60. The number of aromatic nitrogens is 1. The number of aryl methyl sites for hydroxylation is 3. The lowest BCUT2D eigenvalue weighted by Crippen LogP contribution is -2.28. The van der Waals surface area contributed by atoms with Crippen LogP contribution < -0.4 is 9.47 Å². The molecule has 40 heavy (non-hydrogen) atoms. The summed E-state index contributed by atoms with van der Waals surface area (Å²) in [7, 11) is 1.64. The summed E-state index contributed by atoms with van der Waals surface area (Å²) < 4.78 is 17.4. The van der Waals surface area contributed by atoms with Gasteiger partial charge in [-0.05, 0) is 88.1 Å². The highest BCUT2D eigenvalue weighted by molar-refractivity contribution is 5.91. The maximum absolute atomic E-state index is 12.6. The van der Waals surface area contributed by atoms with Gasteiger partial charge in [-0.2, -0.15) is 0 Å². The summed E-state index contributed by atoms with van der Waals surface area (Å²) in [6, 6.07) is 23.7. The molecule has 0 saturated carbocycles. The normalized spacial score (nSPS) is 12.2. The zero-order valence-corrected chi connectivity index (χ0v) is 24.2. The number of aliphatic carboxylic acids is 1. The standard InChI is InChI=1S/C34H37NO5/c1-21-8-12-26(13-9-21)31-29(22(2)35-23(3)30(31)32(33(36)37)40-34(4,5)6)25-14-18-28(19-15-25)39-20-24-10-16-27(38-7)17-11-24/h8-19,32H,20H2,1-7H3,(H,36,37). The minimum atomic E-state index is -1.18. The number of carboxylic acid groups (broad SMARTS) is 1. The van der Waals surface area contributed by atoms with Crippen molar-refractivity contribution < 1.29 is 24.1 Å². The molecule has 0 aliphatic rings. The molecule has 0 amide bonds. The summed E-state index contributed by atoms with van der Waals surface area (Å²) in [4.78, 5) is 17.4. The first-order valence-electron chi connectivity index (χ1n) is 13.3. The van der Waals surface area contributed by atoms with Gasteiger partial charge in [0.15, 0.2) is 6.10 Å². The Bertz CT molecular complexity index is 1470. The average Bonchev–Trinajstić information content (AvgIpc) is 2.91. The Hall–Kier alpha value is -4.16. The number of carbonyl (C=O) groups is 1. The maximum atomic E-state index is 12.6. The van der Waals surface area contributed by atoms with Crippen LogP contribution in [0.1, 0.15) is 55.0 Å². The number of hydrogen-bond acceptors (Lipinski definition) is 5. The van der Waals surface area contributed by atoms with Crippen LogP contribution in [0.15, 0.2) is 72.8 Å². The van der Waals surface area contributed by atoms with Crippen LogP contribution in [0.5, 0.6) is 11.5 Å². The minimum absolute atomic E-state index is 0.428. The van der Waals surface area contributed by atoms with Crippen molar-refractivity contribution in [2.45, 2.75) is 59.9 Å². The van der Waals surface area contributed by atoms with E-state index in [0.717, 1.165) is 50.6 Å². The molecule has 0 aliphatic carbocycles. The third kappa shape index (κ3) is 6.69. The summed E-state index contributed by atoms with van der Waals surface area (Å²) >= 11 is 0. The Labute approximate surface area is 236 Å². The van der Waals surface area contributed by atoms with E-state index in [2.05, 4.69) is 0 Å². The summed E-state index contributed by atoms with van der Waals surface area (Å²) in [6.45, 7) is 11.8. The monoisotopic (exact) mass is 539 g/mol. The second-order valence-electron chi connectivity index (χ2n) is 10.9. The van der Waals surface area contributed by atoms with Gasteiger partial charge in [-0.25, -0.2) is 4.79 Å². The molecular formula is C34H37NO5. The molecule has 1 heterocycles. The van der Waals surface area contributed by atoms with Crippen molar-refractivity contribution in [1.29, 1.82) is 0 Å². The molecule has 3 aromatic carbocycles. The summed E-state index contributed by atoms with van der Waals surface area (Å²) in [5, 5.41) is 10.3. The summed E-state index contributed by atoms with van der Waals surface area (Å²) in [5.41, 5.74) is 6.99. The molecule has 1 aromatic heterocycles. The molecule has 1 atom stereocenters. The van der Waals surface area contributed by atoms with E-state index in [4.69, 9.17) is 19.2 Å². The molecule has 1 unspecified atom stereocenters. The van der Waals surface area contributed by atoms with Crippen LogP contribution in [-0.4, -0.2) is 28.8 Å². The van der Waals surface area contributed by atoms with E-state index in [9.17, 15) is 9.90 Å². The molecule has 4 rings (SSSR count). The van der Waals surface area contributed by atoms with Gasteiger partial charge < -0.3 is 19.3 Å². The first-order valence-corrected chi connectivity index (χ1v) is 13.3. The van der Waals surface area contributed by atoms with Gasteiger partial charge in [0.2, 0.25) is 0 Å². The lowest BCUT2D eigenvalue weighted by atomic mass is 9.86. The van der Waals surface area contributed by atoms with Gasteiger partial charge in [0, 0.05) is 22.5 Å². The highest BCUT2D eigenvalue weighted by atomic mass is 16.5. The largest absolute Gasteiger partial charge is 0.497 e. The maximum Gasteiger partial charge on any atom is 0.337 e. The van der Waals surface area contributed by atoms with Crippen LogP contribution in [0.2, 0.25) is 0 Å². The number of hydrogen-bond donors (Lipinski definition) is 1. The fourth-order valence-corrected chi connectivity index (χ4v) is 4.75. The SMILES string of the molecule is COc1ccc(COc2ccc(-c3c(C)nc(C)c(C(OC(C)(C)C)C(=O)O)c3-c3ccc(C)cc3)cc2)cc1. The van der Waals surface area contributed by atoms with E-state index in [1.54, 1.807) is 7.11 Å². The average molecular weight is 540 g/mol. The second-order valence-corrected chi connectivity index (χ2v) is 10.9. The third-order valence-electron chi connectivity index (χ3n) is 6.61. The van der Waals surface area contributed by atoms with Crippen LogP contribution >= 0.6 is 0 Å². The van der Waals surface area contributed by atoms with E-state index < -0.39 is 17.7 Å². The fraction of sp³-hybridized carbons (Fsp3) is 0.294. The molecule has 4 aromatic rings. The van der Waals surface area contributed by atoms with Crippen molar-refractivity contribution in [3.63, 3.8) is 0 Å². The lowest BCUT2D eigenvalue weighted by molar-refractivity contribution is -0.160. The third-order valence-corrected chi connectivity index (χ3v) is 6.61. The van der Waals surface area contributed by atoms with Gasteiger partial charge in [-0.1, -0.05) is 54.1 Å².